The average Bonchev–Trinajstić information content (AvgIpc) is 2.13. The maximum absolute atomic E-state index is 12.6. The second-order valence-corrected chi connectivity index (χ2v) is 4.56. The third-order valence-corrected chi connectivity index (χ3v) is 2.63. The predicted molar refractivity (Wildman–Crippen MR) is 59.9 cm³/mol. The van der Waals surface area contributed by atoms with E-state index in [1.54, 1.807) is 26.0 Å². The lowest BCUT2D eigenvalue weighted by Gasteiger charge is -2.24. The molecule has 1 aromatic rings. The summed E-state index contributed by atoms with van der Waals surface area (Å²) in [6.07, 6.45) is -2.48. The van der Waals surface area contributed by atoms with Gasteiger partial charge in [-0.15, -0.1) is 0 Å². The maximum atomic E-state index is 12.6. The molecule has 16 heavy (non-hydrogen) atoms. The van der Waals surface area contributed by atoms with Crippen LogP contribution in [0.15, 0.2) is 12.1 Å². The van der Waals surface area contributed by atoms with E-state index in [9.17, 15) is 13.9 Å². The highest BCUT2D eigenvalue weighted by Crippen LogP contribution is 2.26. The van der Waals surface area contributed by atoms with Crippen LogP contribution in [0.4, 0.5) is 8.78 Å². The van der Waals surface area contributed by atoms with Gasteiger partial charge in [-0.05, 0) is 43.9 Å². The fourth-order valence-corrected chi connectivity index (χ4v) is 1.66. The highest BCUT2D eigenvalue weighted by atomic mass is 19.3. The van der Waals surface area contributed by atoms with Gasteiger partial charge in [-0.1, -0.05) is 12.1 Å². The topological polar surface area (TPSA) is 46.2 Å². The Morgan fingerprint density at radius 2 is 1.75 bits per heavy atom. The molecule has 0 aliphatic carbocycles. The fraction of sp³-hybridized carbons (Fsp3) is 0.500. The molecule has 1 atom stereocenters. The van der Waals surface area contributed by atoms with Crippen LogP contribution in [0.3, 0.4) is 0 Å². The summed E-state index contributed by atoms with van der Waals surface area (Å²) in [6, 6.07) is 3.38. The summed E-state index contributed by atoms with van der Waals surface area (Å²) in [4.78, 5) is 0. The number of nitrogens with two attached hydrogens (primary N) is 1. The lowest BCUT2D eigenvalue weighted by molar-refractivity contribution is 0.0639. The van der Waals surface area contributed by atoms with E-state index in [1.807, 2.05) is 0 Å². The molecule has 0 radical (unpaired) electrons. The minimum atomic E-state index is -2.57. The molecule has 0 heterocycles. The molecule has 1 unspecified atom stereocenters. The Balaban J connectivity index is 2.99. The van der Waals surface area contributed by atoms with E-state index in [2.05, 4.69) is 0 Å². The van der Waals surface area contributed by atoms with Gasteiger partial charge in [0.2, 0.25) is 0 Å². The lowest BCUT2D eigenvalue weighted by atomic mass is 9.92. The van der Waals surface area contributed by atoms with Crippen LogP contribution in [0.1, 0.15) is 23.6 Å². The van der Waals surface area contributed by atoms with Gasteiger partial charge in [0.15, 0.2) is 0 Å². The SMILES string of the molecule is Cc1cc(CC(C)(N)C(F)F)cc(C)c1O. The number of hydrogen-bond acceptors (Lipinski definition) is 2. The first-order chi connectivity index (χ1) is 7.24. The van der Waals surface area contributed by atoms with E-state index < -0.39 is 12.0 Å². The summed E-state index contributed by atoms with van der Waals surface area (Å²) in [6.45, 7) is 4.80. The average molecular weight is 229 g/mol. The molecule has 1 aromatic carbocycles. The maximum Gasteiger partial charge on any atom is 0.256 e. The Morgan fingerprint density at radius 1 is 1.31 bits per heavy atom. The molecule has 0 amide bonds. The molecule has 0 bridgehead atoms. The fourth-order valence-electron chi connectivity index (χ4n) is 1.66. The van der Waals surface area contributed by atoms with Crippen molar-refractivity contribution in [2.24, 2.45) is 5.73 Å². The highest BCUT2D eigenvalue weighted by molar-refractivity contribution is 5.42. The van der Waals surface area contributed by atoms with Crippen molar-refractivity contribution < 1.29 is 13.9 Å². The minimum Gasteiger partial charge on any atom is -0.507 e. The van der Waals surface area contributed by atoms with E-state index in [0.717, 1.165) is 5.56 Å². The zero-order chi connectivity index (χ0) is 12.5. The molecule has 90 valence electrons. The van der Waals surface area contributed by atoms with E-state index in [4.69, 9.17) is 5.73 Å². The van der Waals surface area contributed by atoms with Crippen LogP contribution in [0, 0.1) is 13.8 Å². The Hall–Kier alpha value is -1.16. The van der Waals surface area contributed by atoms with Gasteiger partial charge in [0.1, 0.15) is 5.75 Å². The molecule has 1 rings (SSSR count). The zero-order valence-electron chi connectivity index (χ0n) is 9.72. The van der Waals surface area contributed by atoms with Crippen LogP contribution in [0.5, 0.6) is 5.75 Å². The number of alkyl halides is 2. The van der Waals surface area contributed by atoms with Gasteiger partial charge in [0.25, 0.3) is 6.43 Å². The molecule has 0 aromatic heterocycles. The quantitative estimate of drug-likeness (QED) is 0.836. The number of aryl methyl sites for hydroxylation is 2. The lowest BCUT2D eigenvalue weighted by Crippen LogP contribution is -2.45. The number of halogens is 2. The second kappa shape index (κ2) is 4.37. The molecular weight excluding hydrogens is 212 g/mol. The van der Waals surface area contributed by atoms with Gasteiger partial charge >= 0.3 is 0 Å². The van der Waals surface area contributed by atoms with Crippen LogP contribution in [0.25, 0.3) is 0 Å². The standard InChI is InChI=1S/C12H17F2NO/c1-7-4-9(5-8(2)10(7)16)6-12(3,15)11(13)14/h4-5,11,16H,6,15H2,1-3H3. The summed E-state index contributed by atoms with van der Waals surface area (Å²) in [5.41, 5.74) is 6.07. The van der Waals surface area contributed by atoms with E-state index in [1.165, 1.54) is 6.92 Å². The first kappa shape index (κ1) is 12.9. The van der Waals surface area contributed by atoms with Crippen LogP contribution in [-0.2, 0) is 6.42 Å². The summed E-state index contributed by atoms with van der Waals surface area (Å²) in [5.74, 6) is 0.208. The van der Waals surface area contributed by atoms with Crippen LogP contribution in [0.2, 0.25) is 0 Å². The number of hydrogen-bond donors (Lipinski definition) is 2. The van der Waals surface area contributed by atoms with Crippen molar-refractivity contribution in [3.63, 3.8) is 0 Å². The Bertz CT molecular complexity index is 366. The zero-order valence-corrected chi connectivity index (χ0v) is 9.72. The molecule has 0 saturated heterocycles. The normalized spacial score (nSPS) is 15.2. The van der Waals surface area contributed by atoms with Crippen molar-refractivity contribution >= 4 is 0 Å². The van der Waals surface area contributed by atoms with Gasteiger partial charge in [0.05, 0.1) is 5.54 Å². The van der Waals surface area contributed by atoms with Crippen molar-refractivity contribution in [1.82, 2.24) is 0 Å². The summed E-state index contributed by atoms with van der Waals surface area (Å²) >= 11 is 0. The number of rotatable bonds is 3. The van der Waals surface area contributed by atoms with Crippen molar-refractivity contribution in [3.05, 3.63) is 28.8 Å². The van der Waals surface area contributed by atoms with Gasteiger partial charge in [0, 0.05) is 0 Å². The highest BCUT2D eigenvalue weighted by Gasteiger charge is 2.30. The second-order valence-electron chi connectivity index (χ2n) is 4.56. The molecule has 0 saturated carbocycles. The molecular formula is C12H17F2NO. The van der Waals surface area contributed by atoms with Gasteiger partial charge < -0.3 is 10.8 Å². The van der Waals surface area contributed by atoms with Crippen molar-refractivity contribution in [2.45, 2.75) is 39.2 Å². The molecule has 0 spiro atoms. The van der Waals surface area contributed by atoms with Gasteiger partial charge in [-0.25, -0.2) is 8.78 Å². The molecule has 0 aliphatic rings. The Kier molecular flexibility index (Phi) is 3.53. The van der Waals surface area contributed by atoms with Crippen molar-refractivity contribution in [1.29, 1.82) is 0 Å². The van der Waals surface area contributed by atoms with Crippen LogP contribution >= 0.6 is 0 Å². The van der Waals surface area contributed by atoms with E-state index >= 15 is 0 Å². The molecule has 3 N–H and O–H groups in total. The Morgan fingerprint density at radius 3 is 2.12 bits per heavy atom. The number of phenolic OH excluding ortho intramolecular Hbond substituents is 1. The number of aromatic hydroxyl groups is 1. The molecule has 0 aliphatic heterocycles. The summed E-state index contributed by atoms with van der Waals surface area (Å²) in [7, 11) is 0. The third kappa shape index (κ3) is 2.70. The first-order valence-electron chi connectivity index (χ1n) is 5.10. The Labute approximate surface area is 94.1 Å². The largest absolute Gasteiger partial charge is 0.507 e. The predicted octanol–water partition coefficient (Wildman–Crippen LogP) is 2.53. The van der Waals surface area contributed by atoms with Crippen molar-refractivity contribution in [2.75, 3.05) is 0 Å². The smallest absolute Gasteiger partial charge is 0.256 e. The minimum absolute atomic E-state index is 0.0899. The monoisotopic (exact) mass is 229 g/mol. The van der Waals surface area contributed by atoms with E-state index in [-0.39, 0.29) is 12.2 Å². The number of phenols is 1. The molecule has 2 nitrogen and oxygen atoms in total. The van der Waals surface area contributed by atoms with E-state index in [0.29, 0.717) is 11.1 Å². The van der Waals surface area contributed by atoms with Crippen molar-refractivity contribution in [3.8, 4) is 5.75 Å². The molecule has 4 heteroatoms. The van der Waals surface area contributed by atoms with Crippen LogP contribution in [-0.4, -0.2) is 17.1 Å². The van der Waals surface area contributed by atoms with Gasteiger partial charge in [-0.2, -0.15) is 0 Å². The van der Waals surface area contributed by atoms with Gasteiger partial charge in [-0.3, -0.25) is 0 Å². The van der Waals surface area contributed by atoms with Crippen LogP contribution < -0.4 is 5.73 Å². The first-order valence-corrected chi connectivity index (χ1v) is 5.10. The molecule has 0 fully saturated rings. The third-order valence-electron chi connectivity index (χ3n) is 2.63. The summed E-state index contributed by atoms with van der Waals surface area (Å²) < 4.78 is 25.2. The number of benzene rings is 1. The summed E-state index contributed by atoms with van der Waals surface area (Å²) in [5, 5.41) is 9.56.